The molecule has 1 aromatic carbocycles. The standard InChI is InChI=1S/C18H24FNO4/c1-18(2,3)24-17(22)20-15(16(21)23-4)10-13-8-11-6-5-7-12(11)9-14(13)19/h8-9,15H,5-7,10H2,1-4H3,(H,20,22)/t15-/m0/s1. The van der Waals surface area contributed by atoms with Crippen LogP contribution in [0.4, 0.5) is 9.18 Å². The number of carbonyl (C=O) groups is 2. The van der Waals surface area contributed by atoms with Crippen LogP contribution in [0.15, 0.2) is 12.1 Å². The molecule has 0 saturated carbocycles. The number of rotatable bonds is 4. The summed E-state index contributed by atoms with van der Waals surface area (Å²) in [6.07, 6.45) is 2.08. The Balaban J connectivity index is 2.15. The largest absolute Gasteiger partial charge is 0.467 e. The number of fused-ring (bicyclic) bond motifs is 1. The van der Waals surface area contributed by atoms with Gasteiger partial charge in [-0.05, 0) is 62.8 Å². The van der Waals surface area contributed by atoms with Gasteiger partial charge in [0.1, 0.15) is 17.5 Å². The molecule has 1 amide bonds. The van der Waals surface area contributed by atoms with Crippen molar-refractivity contribution in [2.45, 2.75) is 58.1 Å². The number of methoxy groups -OCH3 is 1. The molecule has 24 heavy (non-hydrogen) atoms. The van der Waals surface area contributed by atoms with Crippen molar-refractivity contribution in [3.63, 3.8) is 0 Å². The molecule has 0 spiro atoms. The van der Waals surface area contributed by atoms with E-state index in [1.807, 2.05) is 0 Å². The first-order chi connectivity index (χ1) is 11.2. The SMILES string of the molecule is COC(=O)[C@H](Cc1cc2c(cc1F)CCC2)NC(=O)OC(C)(C)C. The summed E-state index contributed by atoms with van der Waals surface area (Å²) in [6.45, 7) is 5.17. The average Bonchev–Trinajstić information content (AvgIpc) is 2.91. The third-order valence-electron chi connectivity index (χ3n) is 3.86. The highest BCUT2D eigenvalue weighted by Crippen LogP contribution is 2.25. The summed E-state index contributed by atoms with van der Waals surface area (Å²) in [6, 6.07) is 2.31. The number of carbonyl (C=O) groups excluding carboxylic acids is 2. The number of alkyl carbamates (subject to hydrolysis) is 1. The van der Waals surface area contributed by atoms with Gasteiger partial charge in [0.2, 0.25) is 0 Å². The first-order valence-electron chi connectivity index (χ1n) is 8.07. The zero-order chi connectivity index (χ0) is 17.9. The molecule has 0 unspecified atom stereocenters. The fourth-order valence-electron chi connectivity index (χ4n) is 2.81. The normalized spacial score (nSPS) is 14.7. The van der Waals surface area contributed by atoms with Gasteiger partial charge in [0.05, 0.1) is 7.11 Å². The number of esters is 1. The van der Waals surface area contributed by atoms with Crippen molar-refractivity contribution < 1.29 is 23.5 Å². The Morgan fingerprint density at radius 3 is 2.46 bits per heavy atom. The third-order valence-corrected chi connectivity index (χ3v) is 3.86. The second-order valence-electron chi connectivity index (χ2n) is 6.99. The van der Waals surface area contributed by atoms with Crippen LogP contribution in [0, 0.1) is 5.82 Å². The van der Waals surface area contributed by atoms with E-state index in [4.69, 9.17) is 9.47 Å². The minimum Gasteiger partial charge on any atom is -0.467 e. The molecule has 1 N–H and O–H groups in total. The van der Waals surface area contributed by atoms with Crippen molar-refractivity contribution in [1.29, 1.82) is 0 Å². The van der Waals surface area contributed by atoms with E-state index in [1.54, 1.807) is 26.8 Å². The number of nitrogens with one attached hydrogen (secondary N) is 1. The number of amides is 1. The highest BCUT2D eigenvalue weighted by Gasteiger charge is 2.27. The maximum absolute atomic E-state index is 14.3. The molecule has 0 saturated heterocycles. The highest BCUT2D eigenvalue weighted by atomic mass is 19.1. The second kappa shape index (κ2) is 7.20. The molecule has 0 heterocycles. The van der Waals surface area contributed by atoms with E-state index < -0.39 is 23.7 Å². The van der Waals surface area contributed by atoms with Crippen LogP contribution < -0.4 is 5.32 Å². The quantitative estimate of drug-likeness (QED) is 0.858. The summed E-state index contributed by atoms with van der Waals surface area (Å²) >= 11 is 0. The van der Waals surface area contributed by atoms with Gasteiger partial charge in [0.15, 0.2) is 0 Å². The fourth-order valence-corrected chi connectivity index (χ4v) is 2.81. The fraction of sp³-hybridized carbons (Fsp3) is 0.556. The van der Waals surface area contributed by atoms with Gasteiger partial charge in [-0.2, -0.15) is 0 Å². The summed E-state index contributed by atoms with van der Waals surface area (Å²) in [5.74, 6) is -1.00. The van der Waals surface area contributed by atoms with Gasteiger partial charge in [-0.3, -0.25) is 0 Å². The van der Waals surface area contributed by atoms with Crippen LogP contribution in [0.5, 0.6) is 0 Å². The van der Waals surface area contributed by atoms with Crippen LogP contribution in [-0.2, 0) is 33.5 Å². The van der Waals surface area contributed by atoms with Crippen LogP contribution >= 0.6 is 0 Å². The maximum Gasteiger partial charge on any atom is 0.408 e. The van der Waals surface area contributed by atoms with Gasteiger partial charge in [-0.15, -0.1) is 0 Å². The number of benzene rings is 1. The van der Waals surface area contributed by atoms with E-state index in [2.05, 4.69) is 5.32 Å². The van der Waals surface area contributed by atoms with E-state index in [0.717, 1.165) is 30.4 Å². The van der Waals surface area contributed by atoms with Gasteiger partial charge in [-0.25, -0.2) is 14.0 Å². The Morgan fingerprint density at radius 2 is 1.88 bits per heavy atom. The number of ether oxygens (including phenoxy) is 2. The predicted molar refractivity (Wildman–Crippen MR) is 87.3 cm³/mol. The lowest BCUT2D eigenvalue weighted by Crippen LogP contribution is -2.45. The first-order valence-corrected chi connectivity index (χ1v) is 8.07. The Morgan fingerprint density at radius 1 is 1.25 bits per heavy atom. The summed E-state index contributed by atoms with van der Waals surface area (Å²) < 4.78 is 24.2. The lowest BCUT2D eigenvalue weighted by atomic mass is 10.00. The summed E-state index contributed by atoms with van der Waals surface area (Å²) in [5.41, 5.74) is 1.82. The molecule has 1 atom stereocenters. The predicted octanol–water partition coefficient (Wildman–Crippen LogP) is 2.92. The molecule has 0 aromatic heterocycles. The Hall–Kier alpha value is -2.11. The lowest BCUT2D eigenvalue weighted by molar-refractivity contribution is -0.143. The molecular formula is C18H24FNO4. The van der Waals surface area contributed by atoms with Crippen molar-refractivity contribution in [3.05, 3.63) is 34.6 Å². The zero-order valence-electron chi connectivity index (χ0n) is 14.6. The third kappa shape index (κ3) is 4.69. The van der Waals surface area contributed by atoms with Crippen LogP contribution in [0.3, 0.4) is 0 Å². The van der Waals surface area contributed by atoms with E-state index in [-0.39, 0.29) is 12.2 Å². The van der Waals surface area contributed by atoms with Crippen molar-refractivity contribution in [2.75, 3.05) is 7.11 Å². The van der Waals surface area contributed by atoms with Crippen molar-refractivity contribution in [1.82, 2.24) is 5.32 Å². The Bertz CT molecular complexity index is 637. The molecule has 0 fully saturated rings. The molecule has 1 aliphatic rings. The smallest absolute Gasteiger partial charge is 0.408 e. The second-order valence-corrected chi connectivity index (χ2v) is 6.99. The topological polar surface area (TPSA) is 64.6 Å². The molecule has 0 bridgehead atoms. The number of halogens is 1. The maximum atomic E-state index is 14.3. The van der Waals surface area contributed by atoms with Crippen LogP contribution in [0.1, 0.15) is 43.9 Å². The molecule has 1 aliphatic carbocycles. The molecule has 5 nitrogen and oxygen atoms in total. The minimum absolute atomic E-state index is 0.0189. The summed E-state index contributed by atoms with van der Waals surface area (Å²) in [7, 11) is 1.23. The lowest BCUT2D eigenvalue weighted by Gasteiger charge is -2.23. The monoisotopic (exact) mass is 337 g/mol. The van der Waals surface area contributed by atoms with Crippen molar-refractivity contribution >= 4 is 12.1 Å². The van der Waals surface area contributed by atoms with Gasteiger partial charge in [0, 0.05) is 6.42 Å². The number of hydrogen-bond donors (Lipinski definition) is 1. The summed E-state index contributed by atoms with van der Waals surface area (Å²) in [4.78, 5) is 23.9. The van der Waals surface area contributed by atoms with E-state index in [9.17, 15) is 14.0 Å². The van der Waals surface area contributed by atoms with E-state index in [0.29, 0.717) is 5.56 Å². The number of hydrogen-bond acceptors (Lipinski definition) is 4. The van der Waals surface area contributed by atoms with Crippen LogP contribution in [-0.4, -0.2) is 30.8 Å². The molecule has 1 aromatic rings. The average molecular weight is 337 g/mol. The van der Waals surface area contributed by atoms with Gasteiger partial charge in [0.25, 0.3) is 0 Å². The van der Waals surface area contributed by atoms with Crippen molar-refractivity contribution in [3.8, 4) is 0 Å². The molecule has 0 aliphatic heterocycles. The molecule has 132 valence electrons. The van der Waals surface area contributed by atoms with Gasteiger partial charge in [-0.1, -0.05) is 6.07 Å². The highest BCUT2D eigenvalue weighted by molar-refractivity contribution is 5.81. The molecular weight excluding hydrogens is 313 g/mol. The molecule has 6 heteroatoms. The minimum atomic E-state index is -1.00. The Kier molecular flexibility index (Phi) is 5.47. The van der Waals surface area contributed by atoms with Crippen molar-refractivity contribution in [2.24, 2.45) is 0 Å². The van der Waals surface area contributed by atoms with Crippen LogP contribution in [0.25, 0.3) is 0 Å². The zero-order valence-corrected chi connectivity index (χ0v) is 14.6. The number of aryl methyl sites for hydroxylation is 2. The Labute approximate surface area is 141 Å². The van der Waals surface area contributed by atoms with Gasteiger partial charge >= 0.3 is 12.1 Å². The molecule has 2 rings (SSSR count). The molecule has 0 radical (unpaired) electrons. The van der Waals surface area contributed by atoms with E-state index in [1.165, 1.54) is 13.2 Å². The summed E-state index contributed by atoms with van der Waals surface area (Å²) in [5, 5.41) is 2.47. The first kappa shape index (κ1) is 18.2. The van der Waals surface area contributed by atoms with E-state index >= 15 is 0 Å². The van der Waals surface area contributed by atoms with Gasteiger partial charge < -0.3 is 14.8 Å². The van der Waals surface area contributed by atoms with Crippen LogP contribution in [0.2, 0.25) is 0 Å².